The van der Waals surface area contributed by atoms with Crippen molar-refractivity contribution in [3.63, 3.8) is 0 Å². The Morgan fingerprint density at radius 1 is 1.60 bits per heavy atom. The van der Waals surface area contributed by atoms with Crippen LogP contribution in [0.2, 0.25) is 0 Å². The summed E-state index contributed by atoms with van der Waals surface area (Å²) < 4.78 is 0. The molecule has 1 fully saturated rings. The van der Waals surface area contributed by atoms with Gasteiger partial charge in [0.2, 0.25) is 0 Å². The van der Waals surface area contributed by atoms with Gasteiger partial charge < -0.3 is 11.1 Å². The molecule has 3 N–H and O–H groups in total. The Morgan fingerprint density at radius 2 is 2.30 bits per heavy atom. The van der Waals surface area contributed by atoms with Crippen molar-refractivity contribution < 1.29 is 0 Å². The molecule has 2 heteroatoms. The summed E-state index contributed by atoms with van der Waals surface area (Å²) in [5.74, 6) is 0.986. The van der Waals surface area contributed by atoms with Crippen LogP contribution >= 0.6 is 0 Å². The predicted octanol–water partition coefficient (Wildman–Crippen LogP) is 0.723. The van der Waals surface area contributed by atoms with Gasteiger partial charge in [-0.15, -0.1) is 0 Å². The Labute approximate surface area is 63.2 Å². The minimum Gasteiger partial charge on any atom is -0.330 e. The van der Waals surface area contributed by atoms with Crippen molar-refractivity contribution >= 4 is 0 Å². The highest BCUT2D eigenvalue weighted by molar-refractivity contribution is 4.76. The molecule has 0 aromatic carbocycles. The van der Waals surface area contributed by atoms with E-state index < -0.39 is 0 Å². The number of nitrogens with two attached hydrogens (primary N) is 1. The average Bonchev–Trinajstić information content (AvgIpc) is 2.67. The van der Waals surface area contributed by atoms with Crippen LogP contribution in [0.4, 0.5) is 0 Å². The molecule has 0 aliphatic heterocycles. The molecule has 1 atom stereocenters. The lowest BCUT2D eigenvalue weighted by Gasteiger charge is -2.11. The first-order chi connectivity index (χ1) is 4.83. The van der Waals surface area contributed by atoms with E-state index in [2.05, 4.69) is 12.2 Å². The van der Waals surface area contributed by atoms with Crippen molar-refractivity contribution in [2.45, 2.75) is 32.2 Å². The zero-order valence-electron chi connectivity index (χ0n) is 6.77. The summed E-state index contributed by atoms with van der Waals surface area (Å²) in [6.45, 7) is 4.22. The molecule has 0 aromatic heterocycles. The van der Waals surface area contributed by atoms with Gasteiger partial charge in [-0.2, -0.15) is 0 Å². The van der Waals surface area contributed by atoms with E-state index in [4.69, 9.17) is 5.73 Å². The molecule has 0 radical (unpaired) electrons. The van der Waals surface area contributed by atoms with Crippen molar-refractivity contribution in [2.75, 3.05) is 13.1 Å². The van der Waals surface area contributed by atoms with E-state index in [0.717, 1.165) is 18.9 Å². The van der Waals surface area contributed by atoms with Crippen LogP contribution in [-0.4, -0.2) is 19.1 Å². The van der Waals surface area contributed by atoms with Gasteiger partial charge in [0.15, 0.2) is 0 Å². The highest BCUT2D eigenvalue weighted by Gasteiger charge is 2.20. The van der Waals surface area contributed by atoms with Gasteiger partial charge in [0.05, 0.1) is 0 Å². The topological polar surface area (TPSA) is 38.0 Å². The van der Waals surface area contributed by atoms with E-state index >= 15 is 0 Å². The lowest BCUT2D eigenvalue weighted by Crippen LogP contribution is -2.29. The van der Waals surface area contributed by atoms with E-state index in [1.165, 1.54) is 19.4 Å². The van der Waals surface area contributed by atoms with Crippen LogP contribution in [0.1, 0.15) is 26.2 Å². The quantitative estimate of drug-likeness (QED) is 0.593. The maximum atomic E-state index is 5.41. The van der Waals surface area contributed by atoms with Crippen molar-refractivity contribution in [3.8, 4) is 0 Å². The monoisotopic (exact) mass is 142 g/mol. The highest BCUT2D eigenvalue weighted by Crippen LogP contribution is 2.27. The van der Waals surface area contributed by atoms with Crippen LogP contribution in [0, 0.1) is 5.92 Å². The molecule has 0 aromatic rings. The molecule has 0 spiro atoms. The van der Waals surface area contributed by atoms with Crippen LogP contribution in [-0.2, 0) is 0 Å². The zero-order valence-corrected chi connectivity index (χ0v) is 6.77. The van der Waals surface area contributed by atoms with Gasteiger partial charge in [0.1, 0.15) is 0 Å². The predicted molar refractivity (Wildman–Crippen MR) is 43.9 cm³/mol. The van der Waals surface area contributed by atoms with Gasteiger partial charge in [0.25, 0.3) is 0 Å². The summed E-state index contributed by atoms with van der Waals surface area (Å²) in [5.41, 5.74) is 5.41. The standard InChI is InChI=1S/C8H18N2/c1-7(4-5-9)10-6-8-2-3-8/h7-8,10H,2-6,9H2,1H3. The fraction of sp³-hybridized carbons (Fsp3) is 1.00. The highest BCUT2D eigenvalue weighted by atomic mass is 14.9. The second-order valence-corrected chi connectivity index (χ2v) is 3.33. The maximum Gasteiger partial charge on any atom is 0.00508 e. The Balaban J connectivity index is 1.89. The van der Waals surface area contributed by atoms with E-state index in [-0.39, 0.29) is 0 Å². The Hall–Kier alpha value is -0.0800. The van der Waals surface area contributed by atoms with Crippen molar-refractivity contribution in [1.29, 1.82) is 0 Å². The van der Waals surface area contributed by atoms with E-state index in [1.807, 2.05) is 0 Å². The molecule has 60 valence electrons. The van der Waals surface area contributed by atoms with Crippen LogP contribution in [0.3, 0.4) is 0 Å². The lowest BCUT2D eigenvalue weighted by atomic mass is 10.2. The first kappa shape index (κ1) is 8.02. The number of hydrogen-bond acceptors (Lipinski definition) is 2. The summed E-state index contributed by atoms with van der Waals surface area (Å²) >= 11 is 0. The molecular formula is C8H18N2. The number of nitrogens with one attached hydrogen (secondary N) is 1. The summed E-state index contributed by atoms with van der Waals surface area (Å²) in [6.07, 6.45) is 3.97. The summed E-state index contributed by atoms with van der Waals surface area (Å²) in [6, 6.07) is 0.616. The molecule has 0 saturated heterocycles. The van der Waals surface area contributed by atoms with Crippen LogP contribution in [0.5, 0.6) is 0 Å². The fourth-order valence-corrected chi connectivity index (χ4v) is 1.04. The summed E-state index contributed by atoms with van der Waals surface area (Å²) in [4.78, 5) is 0. The first-order valence-electron chi connectivity index (χ1n) is 4.26. The lowest BCUT2D eigenvalue weighted by molar-refractivity contribution is 0.504. The SMILES string of the molecule is CC(CCN)NCC1CC1. The third-order valence-corrected chi connectivity index (χ3v) is 2.05. The molecule has 10 heavy (non-hydrogen) atoms. The van der Waals surface area contributed by atoms with Gasteiger partial charge in [-0.05, 0) is 45.2 Å². The molecule has 1 saturated carbocycles. The fourth-order valence-electron chi connectivity index (χ4n) is 1.04. The minimum atomic E-state index is 0.616. The molecular weight excluding hydrogens is 124 g/mol. The Bertz CT molecular complexity index is 89.3. The molecule has 0 heterocycles. The van der Waals surface area contributed by atoms with E-state index in [0.29, 0.717) is 6.04 Å². The van der Waals surface area contributed by atoms with Gasteiger partial charge in [-0.25, -0.2) is 0 Å². The van der Waals surface area contributed by atoms with E-state index in [1.54, 1.807) is 0 Å². The molecule has 2 nitrogen and oxygen atoms in total. The van der Waals surface area contributed by atoms with Crippen molar-refractivity contribution in [2.24, 2.45) is 11.7 Å². The smallest absolute Gasteiger partial charge is 0.00508 e. The molecule has 1 rings (SSSR count). The third-order valence-electron chi connectivity index (χ3n) is 2.05. The van der Waals surface area contributed by atoms with Crippen molar-refractivity contribution in [1.82, 2.24) is 5.32 Å². The van der Waals surface area contributed by atoms with Gasteiger partial charge in [-0.3, -0.25) is 0 Å². The van der Waals surface area contributed by atoms with Crippen LogP contribution in [0.25, 0.3) is 0 Å². The Morgan fingerprint density at radius 3 is 2.80 bits per heavy atom. The molecule has 1 unspecified atom stereocenters. The van der Waals surface area contributed by atoms with E-state index in [9.17, 15) is 0 Å². The van der Waals surface area contributed by atoms with Crippen LogP contribution < -0.4 is 11.1 Å². The third kappa shape index (κ3) is 3.18. The number of rotatable bonds is 5. The Kier molecular flexibility index (Phi) is 3.16. The largest absolute Gasteiger partial charge is 0.330 e. The molecule has 0 bridgehead atoms. The summed E-state index contributed by atoms with van der Waals surface area (Å²) in [7, 11) is 0. The van der Waals surface area contributed by atoms with Gasteiger partial charge >= 0.3 is 0 Å². The van der Waals surface area contributed by atoms with Crippen LogP contribution in [0.15, 0.2) is 0 Å². The zero-order chi connectivity index (χ0) is 7.40. The summed E-state index contributed by atoms with van der Waals surface area (Å²) in [5, 5.41) is 3.47. The second kappa shape index (κ2) is 3.94. The maximum absolute atomic E-state index is 5.41. The normalized spacial score (nSPS) is 21.0. The first-order valence-corrected chi connectivity index (χ1v) is 4.26. The molecule has 0 amide bonds. The van der Waals surface area contributed by atoms with Crippen molar-refractivity contribution in [3.05, 3.63) is 0 Å². The number of hydrogen-bond donors (Lipinski definition) is 2. The minimum absolute atomic E-state index is 0.616. The van der Waals surface area contributed by atoms with Gasteiger partial charge in [0, 0.05) is 6.04 Å². The second-order valence-electron chi connectivity index (χ2n) is 3.33. The molecule has 1 aliphatic rings. The molecule has 1 aliphatic carbocycles. The average molecular weight is 142 g/mol. The van der Waals surface area contributed by atoms with Gasteiger partial charge in [-0.1, -0.05) is 0 Å².